The number of hydrogen-bond donors (Lipinski definition) is 0. The maximum Gasteiger partial charge on any atom is 0.306 e. The zero-order valence-corrected chi connectivity index (χ0v) is 29.9. The van der Waals surface area contributed by atoms with Crippen molar-refractivity contribution in [3.05, 3.63) is 72.9 Å². The van der Waals surface area contributed by atoms with Crippen LogP contribution < -0.4 is 5.11 Å². The van der Waals surface area contributed by atoms with Crippen LogP contribution >= 0.6 is 0 Å². The summed E-state index contributed by atoms with van der Waals surface area (Å²) in [5, 5.41) is 11.5. The number of carbonyl (C=O) groups excluding carboxylic acids is 3. The fourth-order valence-electron chi connectivity index (χ4n) is 4.46. The van der Waals surface area contributed by atoms with Gasteiger partial charge in [-0.25, -0.2) is 0 Å². The summed E-state index contributed by atoms with van der Waals surface area (Å²) in [5.74, 6) is -1.87. The molecule has 0 aromatic carbocycles. The van der Waals surface area contributed by atoms with Gasteiger partial charge in [-0.2, -0.15) is 0 Å². The number of nitrogens with zero attached hydrogens (tertiary/aromatic N) is 1. The third-order valence-corrected chi connectivity index (χ3v) is 7.22. The normalized spacial score (nSPS) is 14.0. The van der Waals surface area contributed by atoms with Crippen LogP contribution in [-0.2, 0) is 28.6 Å². The molecule has 0 saturated heterocycles. The molecule has 0 aromatic rings. The molecule has 8 heteroatoms. The Balaban J connectivity index is 4.57. The van der Waals surface area contributed by atoms with Crippen LogP contribution in [-0.4, -0.2) is 75.5 Å². The van der Waals surface area contributed by atoms with Crippen LogP contribution in [0.4, 0.5) is 0 Å². The molecule has 0 rings (SSSR count). The Labute approximate surface area is 285 Å². The molecule has 0 aliphatic rings. The number of esters is 2. The molecule has 2 atom stereocenters. The van der Waals surface area contributed by atoms with E-state index < -0.39 is 18.1 Å². The maximum absolute atomic E-state index is 12.5. The van der Waals surface area contributed by atoms with E-state index in [1.165, 1.54) is 19.3 Å². The number of carboxylic acid groups (broad SMARTS) is 1. The second-order valence-corrected chi connectivity index (χ2v) is 12.5. The molecule has 0 heterocycles. The van der Waals surface area contributed by atoms with Gasteiger partial charge in [0, 0.05) is 19.3 Å². The van der Waals surface area contributed by atoms with E-state index in [0.29, 0.717) is 12.8 Å². The van der Waals surface area contributed by atoms with Gasteiger partial charge in [-0.3, -0.25) is 9.59 Å². The lowest BCUT2D eigenvalue weighted by Gasteiger charge is -2.34. The molecule has 0 spiro atoms. The Morgan fingerprint density at radius 1 is 0.660 bits per heavy atom. The molecule has 8 nitrogen and oxygen atoms in total. The Bertz CT molecular complexity index is 1000. The summed E-state index contributed by atoms with van der Waals surface area (Å²) in [6, 6.07) is -0.739. The molecule has 0 aliphatic carbocycles. The quantitative estimate of drug-likeness (QED) is 0.0278. The zero-order valence-electron chi connectivity index (χ0n) is 29.9. The molecular formula is C39H63NO7. The number of hydrogen-bond acceptors (Lipinski definition) is 7. The molecule has 0 saturated carbocycles. The van der Waals surface area contributed by atoms with E-state index in [1.807, 2.05) is 54.7 Å². The van der Waals surface area contributed by atoms with Gasteiger partial charge in [-0.15, -0.1) is 0 Å². The van der Waals surface area contributed by atoms with Gasteiger partial charge in [-0.05, 0) is 44.9 Å². The SMILES string of the molecule is CC/C=C/C=C/C=C/C=C/C=C/CCCCCC(=O)OCC(COCCC(C(=O)[O-])[N+](C)(C)C)OC(=O)CC/C=C/CCCCCC. The van der Waals surface area contributed by atoms with Gasteiger partial charge in [0.2, 0.25) is 0 Å². The highest BCUT2D eigenvalue weighted by Gasteiger charge is 2.25. The van der Waals surface area contributed by atoms with Crippen molar-refractivity contribution in [2.75, 3.05) is 41.0 Å². The number of carbonyl (C=O) groups is 3. The first-order valence-electron chi connectivity index (χ1n) is 17.5. The van der Waals surface area contributed by atoms with Gasteiger partial charge in [0.05, 0.1) is 40.3 Å². The highest BCUT2D eigenvalue weighted by atomic mass is 16.6. The number of rotatable bonds is 29. The fraction of sp³-hybridized carbons (Fsp3) is 0.615. The number of unbranched alkanes of at least 4 members (excludes halogenated alkanes) is 7. The summed E-state index contributed by atoms with van der Waals surface area (Å²) in [4.78, 5) is 36.4. The number of likely N-dealkylation sites (N-methyl/N-ethyl adjacent to an activating group) is 1. The molecule has 0 bridgehead atoms. The molecule has 0 aliphatic heterocycles. The molecule has 0 amide bonds. The Morgan fingerprint density at radius 2 is 1.26 bits per heavy atom. The summed E-state index contributed by atoms with van der Waals surface area (Å²) in [6.07, 6.45) is 35.2. The van der Waals surface area contributed by atoms with Crippen LogP contribution in [0.5, 0.6) is 0 Å². The molecule has 266 valence electrons. The standard InChI is InChI=1S/C39H63NO7/c1-6-8-10-12-14-16-17-18-19-20-21-22-24-25-27-29-37(41)46-34-35(33-45-32-31-36(39(43)44)40(3,4)5)47-38(42)30-28-26-23-15-13-11-9-7-2/h8,10,12,14,16-21,23,26,35-36H,6-7,9,11,13,15,22,24-25,27-34H2,1-5H3/b10-8+,14-12+,17-16+,19-18+,21-20+,26-23+. The van der Waals surface area contributed by atoms with Crippen LogP contribution in [0, 0.1) is 0 Å². The van der Waals surface area contributed by atoms with Crippen molar-refractivity contribution in [2.24, 2.45) is 0 Å². The third-order valence-electron chi connectivity index (χ3n) is 7.22. The van der Waals surface area contributed by atoms with Crippen LogP contribution in [0.25, 0.3) is 0 Å². The van der Waals surface area contributed by atoms with Gasteiger partial charge < -0.3 is 28.6 Å². The largest absolute Gasteiger partial charge is 0.544 e. The van der Waals surface area contributed by atoms with Gasteiger partial charge in [0.25, 0.3) is 0 Å². The van der Waals surface area contributed by atoms with Gasteiger partial charge in [0.1, 0.15) is 12.6 Å². The predicted molar refractivity (Wildman–Crippen MR) is 189 cm³/mol. The molecule has 0 aromatic heterocycles. The first-order chi connectivity index (χ1) is 22.6. The lowest BCUT2D eigenvalue weighted by Crippen LogP contribution is -2.55. The van der Waals surface area contributed by atoms with E-state index in [0.717, 1.165) is 38.5 Å². The lowest BCUT2D eigenvalue weighted by molar-refractivity contribution is -0.889. The van der Waals surface area contributed by atoms with Crippen molar-refractivity contribution >= 4 is 17.9 Å². The fourth-order valence-corrected chi connectivity index (χ4v) is 4.46. The van der Waals surface area contributed by atoms with Crippen molar-refractivity contribution < 1.29 is 38.2 Å². The number of quaternary nitrogens is 1. The molecule has 0 radical (unpaired) electrons. The smallest absolute Gasteiger partial charge is 0.306 e. The zero-order chi connectivity index (χ0) is 35.0. The summed E-state index contributed by atoms with van der Waals surface area (Å²) in [5.41, 5.74) is 0. The van der Waals surface area contributed by atoms with Crippen LogP contribution in [0.1, 0.15) is 104 Å². The topological polar surface area (TPSA) is 102 Å². The van der Waals surface area contributed by atoms with Crippen molar-refractivity contribution in [3.63, 3.8) is 0 Å². The van der Waals surface area contributed by atoms with Crippen LogP contribution in [0.3, 0.4) is 0 Å². The molecule has 0 fully saturated rings. The van der Waals surface area contributed by atoms with Crippen molar-refractivity contribution in [1.82, 2.24) is 0 Å². The molecule has 2 unspecified atom stereocenters. The number of aliphatic carboxylic acids is 1. The molecule has 0 N–H and O–H groups in total. The number of carboxylic acids is 1. The number of ether oxygens (including phenoxy) is 3. The summed E-state index contributed by atoms with van der Waals surface area (Å²) >= 11 is 0. The lowest BCUT2D eigenvalue weighted by atomic mass is 10.1. The Morgan fingerprint density at radius 3 is 1.87 bits per heavy atom. The van der Waals surface area contributed by atoms with Crippen molar-refractivity contribution in [1.29, 1.82) is 0 Å². The van der Waals surface area contributed by atoms with Gasteiger partial charge in [-0.1, -0.05) is 112 Å². The van der Waals surface area contributed by atoms with E-state index in [2.05, 4.69) is 32.1 Å². The number of allylic oxidation sites excluding steroid dienone is 12. The minimum atomic E-state index is -1.14. The Hall–Kier alpha value is -3.23. The van der Waals surface area contributed by atoms with Crippen molar-refractivity contribution in [2.45, 2.75) is 116 Å². The average molecular weight is 658 g/mol. The highest BCUT2D eigenvalue weighted by molar-refractivity contribution is 5.70. The second-order valence-electron chi connectivity index (χ2n) is 12.5. The van der Waals surface area contributed by atoms with E-state index in [4.69, 9.17) is 14.2 Å². The summed E-state index contributed by atoms with van der Waals surface area (Å²) in [7, 11) is 5.35. The van der Waals surface area contributed by atoms with Crippen molar-refractivity contribution in [3.8, 4) is 0 Å². The van der Waals surface area contributed by atoms with Gasteiger partial charge >= 0.3 is 11.9 Å². The maximum atomic E-state index is 12.5. The minimum absolute atomic E-state index is 0.00672. The van der Waals surface area contributed by atoms with E-state index in [1.54, 1.807) is 21.1 Å². The van der Waals surface area contributed by atoms with E-state index in [9.17, 15) is 19.5 Å². The van der Waals surface area contributed by atoms with Crippen LogP contribution in [0.15, 0.2) is 72.9 Å². The second kappa shape index (κ2) is 30.1. The van der Waals surface area contributed by atoms with Gasteiger partial charge in [0.15, 0.2) is 6.10 Å². The predicted octanol–water partition coefficient (Wildman–Crippen LogP) is 7.12. The minimum Gasteiger partial charge on any atom is -0.544 e. The summed E-state index contributed by atoms with van der Waals surface area (Å²) in [6.45, 7) is 4.34. The summed E-state index contributed by atoms with van der Waals surface area (Å²) < 4.78 is 16.9. The first kappa shape index (κ1) is 43.8. The van der Waals surface area contributed by atoms with Crippen LogP contribution in [0.2, 0.25) is 0 Å². The first-order valence-corrected chi connectivity index (χ1v) is 17.5. The molecule has 47 heavy (non-hydrogen) atoms. The van der Waals surface area contributed by atoms with E-state index >= 15 is 0 Å². The highest BCUT2D eigenvalue weighted by Crippen LogP contribution is 2.10. The Kier molecular flexibility index (Phi) is 28.1. The average Bonchev–Trinajstić information content (AvgIpc) is 3.01. The third kappa shape index (κ3) is 28.7. The monoisotopic (exact) mass is 657 g/mol. The molecular weight excluding hydrogens is 594 g/mol. The van der Waals surface area contributed by atoms with E-state index in [-0.39, 0.29) is 55.5 Å².